The molecule has 0 saturated carbocycles. The lowest BCUT2D eigenvalue weighted by molar-refractivity contribution is 0.0599. The van der Waals surface area contributed by atoms with Gasteiger partial charge in [0.25, 0.3) is 0 Å². The zero-order valence-corrected chi connectivity index (χ0v) is 16.6. The van der Waals surface area contributed by atoms with Crippen LogP contribution in [0.3, 0.4) is 0 Å². The molecule has 11 nitrogen and oxygen atoms in total. The number of esters is 1. The van der Waals surface area contributed by atoms with Crippen LogP contribution in [0.2, 0.25) is 0 Å². The van der Waals surface area contributed by atoms with Crippen molar-refractivity contribution in [2.24, 2.45) is 10.2 Å². The number of pyridine rings is 1. The van der Waals surface area contributed by atoms with Gasteiger partial charge in [-0.25, -0.2) is 9.78 Å². The summed E-state index contributed by atoms with van der Waals surface area (Å²) in [5, 5.41) is 36.7. The minimum atomic E-state index is -3.88. The Hall–Kier alpha value is -3.09. The number of aromatic hydroxyl groups is 1. The Labute approximate surface area is 166 Å². The molecule has 0 radical (unpaired) electrons. The minimum Gasteiger partial charge on any atom is -0.506 e. The molecule has 0 aliphatic heterocycles. The van der Waals surface area contributed by atoms with E-state index in [4.69, 9.17) is 4.18 Å². The normalized spacial score (nSPS) is 11.6. The molecule has 12 heteroatoms. The summed E-state index contributed by atoms with van der Waals surface area (Å²) in [6.45, 7) is 0.388. The second-order valence-electron chi connectivity index (χ2n) is 5.80. The summed E-state index contributed by atoms with van der Waals surface area (Å²) in [6, 6.07) is 3.76. The van der Waals surface area contributed by atoms with Crippen LogP contribution < -0.4 is 4.18 Å². The van der Waals surface area contributed by atoms with E-state index in [0.717, 1.165) is 13.4 Å². The quantitative estimate of drug-likeness (QED) is 0.339. The van der Waals surface area contributed by atoms with Crippen LogP contribution in [-0.4, -0.2) is 48.1 Å². The molecule has 1 aromatic heterocycles. The SMILES string of the molecule is COC(=O)c1cc(N=Nc2nc(C)c(O)c(CO)c2CO)ccc1OS(C)(=O)=O. The smallest absolute Gasteiger partial charge is 0.341 e. The Balaban J connectivity index is 2.51. The topological polar surface area (TPSA) is 168 Å². The molecule has 1 heterocycles. The van der Waals surface area contributed by atoms with Crippen LogP contribution in [0.15, 0.2) is 28.4 Å². The van der Waals surface area contributed by atoms with E-state index >= 15 is 0 Å². The predicted octanol–water partition coefficient (Wildman–Crippen LogP) is 1.62. The van der Waals surface area contributed by atoms with Gasteiger partial charge in [0.05, 0.1) is 38.0 Å². The molecular weight excluding hydrogens is 406 g/mol. The van der Waals surface area contributed by atoms with Crippen molar-refractivity contribution in [3.63, 3.8) is 0 Å². The van der Waals surface area contributed by atoms with Gasteiger partial charge in [-0.15, -0.1) is 10.2 Å². The summed E-state index contributed by atoms with van der Waals surface area (Å²) >= 11 is 0. The van der Waals surface area contributed by atoms with Crippen LogP contribution in [0, 0.1) is 6.92 Å². The van der Waals surface area contributed by atoms with Gasteiger partial charge in [-0.3, -0.25) is 0 Å². The number of azo groups is 1. The summed E-state index contributed by atoms with van der Waals surface area (Å²) in [7, 11) is -2.76. The second kappa shape index (κ2) is 8.94. The first-order chi connectivity index (χ1) is 13.6. The highest BCUT2D eigenvalue weighted by atomic mass is 32.2. The van der Waals surface area contributed by atoms with Crippen molar-refractivity contribution in [3.05, 3.63) is 40.6 Å². The second-order valence-corrected chi connectivity index (χ2v) is 7.38. The van der Waals surface area contributed by atoms with Crippen LogP contribution in [-0.2, 0) is 28.1 Å². The minimum absolute atomic E-state index is 0.0390. The first-order valence-corrected chi connectivity index (χ1v) is 9.89. The maximum absolute atomic E-state index is 11.9. The van der Waals surface area contributed by atoms with E-state index in [9.17, 15) is 28.5 Å². The van der Waals surface area contributed by atoms with Gasteiger partial charge in [-0.2, -0.15) is 8.42 Å². The first-order valence-electron chi connectivity index (χ1n) is 8.07. The molecule has 0 bridgehead atoms. The van der Waals surface area contributed by atoms with E-state index in [2.05, 4.69) is 19.9 Å². The van der Waals surface area contributed by atoms with Gasteiger partial charge in [0.1, 0.15) is 11.3 Å². The molecule has 2 aromatic rings. The Bertz CT molecular complexity index is 1070. The molecule has 0 aliphatic carbocycles. The summed E-state index contributed by atoms with van der Waals surface area (Å²) < 4.78 is 32.1. The van der Waals surface area contributed by atoms with Crippen LogP contribution >= 0.6 is 0 Å². The average molecular weight is 425 g/mol. The monoisotopic (exact) mass is 425 g/mol. The Kier molecular flexibility index (Phi) is 6.84. The average Bonchev–Trinajstić information content (AvgIpc) is 2.67. The number of rotatable bonds is 7. The van der Waals surface area contributed by atoms with Gasteiger partial charge >= 0.3 is 16.1 Å². The zero-order valence-electron chi connectivity index (χ0n) is 15.8. The molecule has 0 atom stereocenters. The molecule has 29 heavy (non-hydrogen) atoms. The number of methoxy groups -OCH3 is 1. The molecule has 3 N–H and O–H groups in total. The Morgan fingerprint density at radius 1 is 1.17 bits per heavy atom. The van der Waals surface area contributed by atoms with Gasteiger partial charge in [0.2, 0.25) is 0 Å². The van der Waals surface area contributed by atoms with E-state index in [0.29, 0.717) is 0 Å². The fourth-order valence-electron chi connectivity index (χ4n) is 2.39. The highest BCUT2D eigenvalue weighted by Crippen LogP contribution is 2.33. The van der Waals surface area contributed by atoms with Gasteiger partial charge in [-0.05, 0) is 25.1 Å². The number of benzene rings is 1. The molecule has 0 spiro atoms. The summed E-state index contributed by atoms with van der Waals surface area (Å²) in [5.41, 5.74) is 0.272. The summed E-state index contributed by atoms with van der Waals surface area (Å²) in [5.74, 6) is -1.39. The number of carbonyl (C=O) groups excluding carboxylic acids is 1. The predicted molar refractivity (Wildman–Crippen MR) is 99.9 cm³/mol. The van der Waals surface area contributed by atoms with Crippen LogP contribution in [0.1, 0.15) is 27.2 Å². The summed E-state index contributed by atoms with van der Waals surface area (Å²) in [4.78, 5) is 16.0. The molecule has 0 fully saturated rings. The number of aliphatic hydroxyl groups excluding tert-OH is 2. The van der Waals surface area contributed by atoms with E-state index in [1.165, 1.54) is 25.1 Å². The fraction of sp³-hybridized carbons (Fsp3) is 0.294. The fourth-order valence-corrected chi connectivity index (χ4v) is 2.86. The van der Waals surface area contributed by atoms with Crippen molar-refractivity contribution in [1.82, 2.24) is 4.98 Å². The lowest BCUT2D eigenvalue weighted by Gasteiger charge is -2.11. The van der Waals surface area contributed by atoms with Crippen molar-refractivity contribution in [2.75, 3.05) is 13.4 Å². The third-order valence-corrected chi connectivity index (χ3v) is 4.20. The van der Waals surface area contributed by atoms with Gasteiger partial charge < -0.3 is 24.2 Å². The molecule has 156 valence electrons. The van der Waals surface area contributed by atoms with Crippen molar-refractivity contribution in [3.8, 4) is 11.5 Å². The number of ether oxygens (including phenoxy) is 1. The van der Waals surface area contributed by atoms with Crippen molar-refractivity contribution in [1.29, 1.82) is 0 Å². The molecule has 0 saturated heterocycles. The Morgan fingerprint density at radius 2 is 1.83 bits per heavy atom. The largest absolute Gasteiger partial charge is 0.506 e. The summed E-state index contributed by atoms with van der Waals surface area (Å²) in [6.07, 6.45) is 0.829. The number of nitrogens with zero attached hydrogens (tertiary/aromatic N) is 3. The number of hydrogen-bond donors (Lipinski definition) is 3. The third kappa shape index (κ3) is 5.25. The van der Waals surface area contributed by atoms with Crippen molar-refractivity contribution in [2.45, 2.75) is 20.1 Å². The van der Waals surface area contributed by atoms with Crippen molar-refractivity contribution < 1.29 is 37.5 Å². The van der Waals surface area contributed by atoms with Crippen LogP contribution in [0.4, 0.5) is 11.5 Å². The van der Waals surface area contributed by atoms with Gasteiger partial charge in [-0.1, -0.05) is 0 Å². The van der Waals surface area contributed by atoms with E-state index in [1.54, 1.807) is 0 Å². The van der Waals surface area contributed by atoms with E-state index in [1.807, 2.05) is 0 Å². The molecule has 0 amide bonds. The maximum Gasteiger partial charge on any atom is 0.341 e. The highest BCUT2D eigenvalue weighted by molar-refractivity contribution is 7.86. The van der Waals surface area contributed by atoms with Crippen LogP contribution in [0.5, 0.6) is 11.5 Å². The molecule has 1 aromatic carbocycles. The Morgan fingerprint density at radius 3 is 2.38 bits per heavy atom. The number of hydrogen-bond acceptors (Lipinski definition) is 11. The number of carbonyl (C=O) groups is 1. The molecular formula is C17H19N3O8S. The lowest BCUT2D eigenvalue weighted by Crippen LogP contribution is -2.10. The molecule has 0 unspecified atom stereocenters. The van der Waals surface area contributed by atoms with E-state index < -0.39 is 29.3 Å². The number of aromatic nitrogens is 1. The molecule has 0 aliphatic rings. The first kappa shape index (κ1) is 22.2. The number of aliphatic hydroxyl groups is 2. The van der Waals surface area contributed by atoms with Gasteiger partial charge in [0.15, 0.2) is 11.6 Å². The van der Waals surface area contributed by atoms with Crippen LogP contribution in [0.25, 0.3) is 0 Å². The third-order valence-electron chi connectivity index (χ3n) is 3.72. The highest BCUT2D eigenvalue weighted by Gasteiger charge is 2.19. The zero-order chi connectivity index (χ0) is 21.8. The van der Waals surface area contributed by atoms with Gasteiger partial charge in [0, 0.05) is 11.1 Å². The lowest BCUT2D eigenvalue weighted by atomic mass is 10.1. The van der Waals surface area contributed by atoms with Crippen molar-refractivity contribution >= 4 is 27.6 Å². The molecule has 2 rings (SSSR count). The standard InChI is InChI=1S/C17H19N3O8S/c1-9-15(23)12(7-21)13(8-22)16(18-9)20-19-10-4-5-14(28-29(3,25)26)11(6-10)17(24)27-2/h4-6,21-23H,7-8H2,1-3H3. The van der Waals surface area contributed by atoms with E-state index in [-0.39, 0.29) is 45.4 Å². The number of aryl methyl sites for hydroxylation is 1. The maximum atomic E-state index is 11.9.